The lowest BCUT2D eigenvalue weighted by atomic mass is 10.4. The fraction of sp³-hybridized carbons (Fsp3) is 0.917. The van der Waals surface area contributed by atoms with Crippen molar-refractivity contribution < 1.29 is 14.7 Å². The molecule has 0 aliphatic carbocycles. The molecule has 0 aromatic heterocycles. The van der Waals surface area contributed by atoms with Crippen LogP contribution in [-0.2, 0) is 4.52 Å². The van der Waals surface area contributed by atoms with Crippen molar-refractivity contribution in [3.63, 3.8) is 0 Å². The van der Waals surface area contributed by atoms with E-state index in [0.29, 0.717) is 13.0 Å². The third kappa shape index (κ3) is 3.88. The van der Waals surface area contributed by atoms with Gasteiger partial charge in [-0.3, -0.25) is 5.73 Å². The maximum absolute atomic E-state index is 9.82. The Bertz CT molecular complexity index is 271. The lowest BCUT2D eigenvalue weighted by molar-refractivity contribution is 0.0883. The molecule has 0 aliphatic rings. The number of nitrogens with zero attached hydrogens (tertiary/aromatic N) is 1. The number of aliphatic hydroxyl groups is 2. The molecule has 0 saturated carbocycles. The Labute approximate surface area is 110 Å². The van der Waals surface area contributed by atoms with Crippen molar-refractivity contribution in [2.24, 2.45) is 5.73 Å². The molecule has 6 heteroatoms. The van der Waals surface area contributed by atoms with Gasteiger partial charge in [-0.1, -0.05) is 0 Å². The molecule has 5 nitrogen and oxygen atoms in total. The van der Waals surface area contributed by atoms with Gasteiger partial charge in [0.05, 0.1) is 30.4 Å². The second-order valence-electron chi connectivity index (χ2n) is 4.93. The third-order valence-electron chi connectivity index (χ3n) is 3.19. The number of hydrogen-bond acceptors (Lipinski definition) is 5. The fourth-order valence-electron chi connectivity index (χ4n) is 2.30. The zero-order valence-electron chi connectivity index (χ0n) is 11.7. The van der Waals surface area contributed by atoms with Gasteiger partial charge < -0.3 is 10.2 Å². The van der Waals surface area contributed by atoms with E-state index in [4.69, 9.17) is 20.6 Å². The molecular weight excluding hydrogens is 251 g/mol. The van der Waals surface area contributed by atoms with E-state index in [0.717, 1.165) is 0 Å². The Balaban J connectivity index is 5.16. The second-order valence-corrected chi connectivity index (χ2v) is 9.38. The monoisotopic (exact) mass is 277 g/mol. The Morgan fingerprint density at radius 2 is 1.78 bits per heavy atom. The van der Waals surface area contributed by atoms with Crippen molar-refractivity contribution in [2.45, 2.75) is 57.3 Å². The molecule has 0 aromatic rings. The van der Waals surface area contributed by atoms with E-state index in [1.807, 2.05) is 33.8 Å². The summed E-state index contributed by atoms with van der Waals surface area (Å²) >= 11 is 0. The predicted molar refractivity (Wildman–Crippen MR) is 74.4 cm³/mol. The van der Waals surface area contributed by atoms with E-state index in [1.165, 1.54) is 0 Å². The molecule has 0 radical (unpaired) electrons. The molecule has 0 aliphatic heterocycles. The summed E-state index contributed by atoms with van der Waals surface area (Å²) in [5.74, 6) is -0.582. The molecule has 106 valence electrons. The van der Waals surface area contributed by atoms with Crippen LogP contribution in [0.5, 0.6) is 0 Å². The van der Waals surface area contributed by atoms with Crippen LogP contribution in [0.25, 0.3) is 0 Å². The van der Waals surface area contributed by atoms with E-state index in [1.54, 1.807) is 0 Å². The molecule has 0 unspecified atom stereocenters. The smallest absolute Gasteiger partial charge is 0.172 e. The molecule has 0 spiro atoms. The highest BCUT2D eigenvalue weighted by molar-refractivity contribution is 7.73. The molecule has 0 aromatic carbocycles. The minimum atomic E-state index is -2.12. The van der Waals surface area contributed by atoms with Crippen LogP contribution in [0.3, 0.4) is 0 Å². The van der Waals surface area contributed by atoms with Crippen LogP contribution < -0.4 is 5.73 Å². The van der Waals surface area contributed by atoms with Gasteiger partial charge in [-0.15, -0.1) is 0 Å². The average molecular weight is 277 g/mol. The summed E-state index contributed by atoms with van der Waals surface area (Å²) in [6.45, 7) is 8.03. The topological polar surface area (TPSA) is 99.5 Å². The van der Waals surface area contributed by atoms with Crippen LogP contribution in [0.15, 0.2) is 0 Å². The van der Waals surface area contributed by atoms with Gasteiger partial charge in [0.2, 0.25) is 0 Å². The first-order valence-electron chi connectivity index (χ1n) is 6.28. The first-order valence-corrected chi connectivity index (χ1v) is 8.20. The van der Waals surface area contributed by atoms with Crippen LogP contribution in [0, 0.1) is 11.3 Å². The highest BCUT2D eigenvalue weighted by Gasteiger charge is 2.54. The third-order valence-corrected chi connectivity index (χ3v) is 8.32. The minimum absolute atomic E-state index is 0.174. The molecule has 2 atom stereocenters. The Hall–Kier alpha value is -0.240. The van der Waals surface area contributed by atoms with Gasteiger partial charge in [0.25, 0.3) is 0 Å². The van der Waals surface area contributed by atoms with Crippen LogP contribution in [-0.4, -0.2) is 46.6 Å². The van der Waals surface area contributed by atoms with Crippen LogP contribution >= 0.6 is 7.49 Å². The molecule has 0 amide bonds. The lowest BCUT2D eigenvalue weighted by Crippen LogP contribution is -2.44. The molecular formula is C12H26N2O3P+. The van der Waals surface area contributed by atoms with Gasteiger partial charge in [-0.25, -0.2) is 4.52 Å². The van der Waals surface area contributed by atoms with Gasteiger partial charge in [0.1, 0.15) is 12.7 Å². The first kappa shape index (κ1) is 17.8. The van der Waals surface area contributed by atoms with Crippen molar-refractivity contribution in [1.29, 1.82) is 5.26 Å². The fourth-order valence-corrected chi connectivity index (χ4v) is 6.67. The standard InChI is InChI=1S/C12H26N2O3P/c1-9(2)18(10(3)4,17-7-5-6-13)12(14)11(16)8-15/h9-12,15-16H,5,7-8,14H2,1-4H3/q+1/t11-,12-/m0/s1. The molecule has 0 heterocycles. The summed E-state index contributed by atoms with van der Waals surface area (Å²) in [4.78, 5) is 0. The highest BCUT2D eigenvalue weighted by Crippen LogP contribution is 2.70. The van der Waals surface area contributed by atoms with Crippen LogP contribution in [0.4, 0.5) is 0 Å². The zero-order valence-corrected chi connectivity index (χ0v) is 12.6. The van der Waals surface area contributed by atoms with E-state index in [2.05, 4.69) is 0 Å². The number of hydrogen-bond donors (Lipinski definition) is 3. The van der Waals surface area contributed by atoms with E-state index < -0.39 is 19.4 Å². The predicted octanol–water partition coefficient (Wildman–Crippen LogP) is 1.30. The zero-order chi connectivity index (χ0) is 14.3. The maximum atomic E-state index is 9.82. The summed E-state index contributed by atoms with van der Waals surface area (Å²) in [7, 11) is -2.12. The molecule has 0 rings (SSSR count). The summed E-state index contributed by atoms with van der Waals surface area (Å²) in [5, 5.41) is 27.5. The number of nitriles is 1. The van der Waals surface area contributed by atoms with Crippen LogP contribution in [0.1, 0.15) is 34.1 Å². The van der Waals surface area contributed by atoms with Crippen molar-refractivity contribution in [1.82, 2.24) is 0 Å². The number of rotatable bonds is 8. The summed E-state index contributed by atoms with van der Waals surface area (Å²) in [5.41, 5.74) is 6.47. The SMILES string of the molecule is CC(C)[P+](OCCC#N)(C(C)C)[C@H](N)[C@@H](O)CO. The molecule has 4 N–H and O–H groups in total. The first-order chi connectivity index (χ1) is 8.34. The van der Waals surface area contributed by atoms with Crippen molar-refractivity contribution in [2.75, 3.05) is 13.2 Å². The second kappa shape index (κ2) is 8.04. The number of nitrogens with two attached hydrogens (primary N) is 1. The van der Waals surface area contributed by atoms with Gasteiger partial charge >= 0.3 is 0 Å². The van der Waals surface area contributed by atoms with E-state index in [-0.39, 0.29) is 17.9 Å². The van der Waals surface area contributed by atoms with E-state index in [9.17, 15) is 5.11 Å². The van der Waals surface area contributed by atoms with Crippen molar-refractivity contribution in [3.8, 4) is 6.07 Å². The normalized spacial score (nSPS) is 15.8. The largest absolute Gasteiger partial charge is 0.393 e. The Morgan fingerprint density at radius 1 is 1.28 bits per heavy atom. The molecule has 18 heavy (non-hydrogen) atoms. The Morgan fingerprint density at radius 3 is 2.11 bits per heavy atom. The highest BCUT2D eigenvalue weighted by atomic mass is 31.2. The summed E-state index contributed by atoms with van der Waals surface area (Å²) in [6, 6.07) is 2.04. The van der Waals surface area contributed by atoms with Gasteiger partial charge in [-0.05, 0) is 27.7 Å². The summed E-state index contributed by atoms with van der Waals surface area (Å²) < 4.78 is 5.97. The van der Waals surface area contributed by atoms with Gasteiger partial charge in [0, 0.05) is 0 Å². The minimum Gasteiger partial charge on any atom is -0.393 e. The molecule has 0 fully saturated rings. The van der Waals surface area contributed by atoms with Gasteiger partial charge in [0.15, 0.2) is 13.3 Å². The van der Waals surface area contributed by atoms with Crippen molar-refractivity contribution >= 4 is 7.49 Å². The van der Waals surface area contributed by atoms with Crippen molar-refractivity contribution in [3.05, 3.63) is 0 Å². The van der Waals surface area contributed by atoms with Crippen LogP contribution in [0.2, 0.25) is 0 Å². The quantitative estimate of drug-likeness (QED) is 0.459. The Kier molecular flexibility index (Phi) is 7.93. The van der Waals surface area contributed by atoms with E-state index >= 15 is 0 Å². The summed E-state index contributed by atoms with van der Waals surface area (Å²) in [6.07, 6.45) is -0.673. The lowest BCUT2D eigenvalue weighted by Gasteiger charge is -2.38. The maximum Gasteiger partial charge on any atom is 0.172 e. The molecule has 0 bridgehead atoms. The number of aliphatic hydroxyl groups excluding tert-OH is 2. The average Bonchev–Trinajstić information content (AvgIpc) is 2.32. The van der Waals surface area contributed by atoms with Gasteiger partial charge in [-0.2, -0.15) is 5.26 Å². The molecule has 0 saturated heterocycles.